The first kappa shape index (κ1) is 18.5. The van der Waals surface area contributed by atoms with Gasteiger partial charge in [-0.1, -0.05) is 12.1 Å². The van der Waals surface area contributed by atoms with Crippen LogP contribution in [0.25, 0.3) is 28.2 Å². The van der Waals surface area contributed by atoms with Gasteiger partial charge in [0, 0.05) is 18.8 Å². The van der Waals surface area contributed by atoms with E-state index in [4.69, 9.17) is 15.1 Å². The number of benzene rings is 1. The maximum Gasteiger partial charge on any atom is 0.223 e. The van der Waals surface area contributed by atoms with Gasteiger partial charge in [-0.15, -0.1) is 5.10 Å². The molecule has 0 spiro atoms. The van der Waals surface area contributed by atoms with Crippen molar-refractivity contribution in [2.45, 2.75) is 13.3 Å². The number of rotatable bonds is 4. The molecular formula is C21H17N9O. The fraction of sp³-hybridized carbons (Fsp3) is 0.143. The van der Waals surface area contributed by atoms with E-state index in [0.717, 1.165) is 5.69 Å². The Kier molecular flexibility index (Phi) is 4.22. The van der Waals surface area contributed by atoms with Crippen molar-refractivity contribution >= 4 is 11.6 Å². The molecule has 0 radical (unpaired) electrons. The third-order valence-corrected chi connectivity index (χ3v) is 4.90. The van der Waals surface area contributed by atoms with E-state index in [1.165, 1.54) is 10.9 Å². The van der Waals surface area contributed by atoms with E-state index in [9.17, 15) is 5.26 Å². The summed E-state index contributed by atoms with van der Waals surface area (Å²) >= 11 is 0. The van der Waals surface area contributed by atoms with Crippen LogP contribution in [0, 0.1) is 18.3 Å². The molecule has 4 aromatic heterocycles. The maximum atomic E-state index is 9.32. The molecule has 5 rings (SSSR count). The van der Waals surface area contributed by atoms with Gasteiger partial charge in [-0.05, 0) is 25.1 Å². The maximum absolute atomic E-state index is 9.32. The number of oxazole rings is 1. The molecule has 31 heavy (non-hydrogen) atoms. The van der Waals surface area contributed by atoms with Crippen LogP contribution in [0.3, 0.4) is 0 Å². The van der Waals surface area contributed by atoms with Crippen molar-refractivity contribution in [1.82, 2.24) is 34.3 Å². The fourth-order valence-corrected chi connectivity index (χ4v) is 3.49. The highest BCUT2D eigenvalue weighted by Gasteiger charge is 2.24. The van der Waals surface area contributed by atoms with Gasteiger partial charge in [0.05, 0.1) is 40.7 Å². The van der Waals surface area contributed by atoms with Crippen LogP contribution in [0.4, 0.5) is 5.95 Å². The number of fused-ring (bicyclic) bond motifs is 1. The Morgan fingerprint density at radius 1 is 1.19 bits per heavy atom. The number of anilines is 1. The summed E-state index contributed by atoms with van der Waals surface area (Å²) in [5, 5.41) is 18.3. The zero-order valence-electron chi connectivity index (χ0n) is 16.8. The van der Waals surface area contributed by atoms with Crippen molar-refractivity contribution in [1.29, 1.82) is 5.26 Å². The number of aromatic nitrogens is 7. The number of nitrogens with zero attached hydrogens (tertiary/aromatic N) is 8. The number of nitrogen functional groups attached to an aromatic ring is 1. The van der Waals surface area contributed by atoms with Crippen LogP contribution < -0.4 is 5.73 Å². The van der Waals surface area contributed by atoms with E-state index in [0.29, 0.717) is 51.7 Å². The van der Waals surface area contributed by atoms with Gasteiger partial charge in [0.25, 0.3) is 0 Å². The van der Waals surface area contributed by atoms with Crippen molar-refractivity contribution in [3.63, 3.8) is 0 Å². The molecule has 152 valence electrons. The SMILES string of the molecule is Cc1ncoc1-c1c(-c2cccc(C#N)c2)nc(N)n2nc(Cc3ccn(C)n3)nc12. The summed E-state index contributed by atoms with van der Waals surface area (Å²) in [7, 11) is 1.86. The van der Waals surface area contributed by atoms with E-state index in [1.54, 1.807) is 22.9 Å². The third kappa shape index (κ3) is 3.18. The molecule has 0 saturated carbocycles. The number of nitriles is 1. The highest BCUT2D eigenvalue weighted by Crippen LogP contribution is 2.36. The van der Waals surface area contributed by atoms with E-state index < -0.39 is 0 Å². The minimum Gasteiger partial charge on any atom is -0.443 e. The molecule has 0 atom stereocenters. The van der Waals surface area contributed by atoms with Crippen molar-refractivity contribution in [3.05, 3.63) is 65.7 Å². The van der Waals surface area contributed by atoms with Crippen LogP contribution in [-0.2, 0) is 13.5 Å². The van der Waals surface area contributed by atoms with Crippen LogP contribution in [0.5, 0.6) is 0 Å². The number of hydrogen-bond donors (Lipinski definition) is 1. The number of aryl methyl sites for hydroxylation is 2. The third-order valence-electron chi connectivity index (χ3n) is 4.90. The minimum atomic E-state index is 0.174. The Bertz CT molecular complexity index is 1470. The molecule has 0 amide bonds. The molecule has 0 aliphatic carbocycles. The number of hydrogen-bond acceptors (Lipinski definition) is 8. The lowest BCUT2D eigenvalue weighted by Gasteiger charge is -2.10. The van der Waals surface area contributed by atoms with Crippen molar-refractivity contribution in [3.8, 4) is 28.7 Å². The van der Waals surface area contributed by atoms with Gasteiger partial charge in [0.15, 0.2) is 23.6 Å². The second-order valence-electron chi connectivity index (χ2n) is 7.07. The largest absolute Gasteiger partial charge is 0.443 e. The standard InChI is InChI=1S/C21H17N9O/c1-12-19(31-11-24-12)17-18(14-5-3-4-13(8-14)10-22)26-21(23)30-20(17)25-16(28-30)9-15-6-7-29(2)27-15/h3-8,11H,9H2,1-2H3,(H2,23,26). The van der Waals surface area contributed by atoms with Gasteiger partial charge in [-0.3, -0.25) is 4.68 Å². The zero-order valence-corrected chi connectivity index (χ0v) is 16.8. The summed E-state index contributed by atoms with van der Waals surface area (Å²) in [5.41, 5.74) is 10.6. The Hall–Kier alpha value is -4.52. The van der Waals surface area contributed by atoms with E-state index >= 15 is 0 Å². The van der Waals surface area contributed by atoms with Gasteiger partial charge < -0.3 is 10.2 Å². The van der Waals surface area contributed by atoms with Gasteiger partial charge in [-0.2, -0.15) is 14.9 Å². The molecule has 0 saturated heterocycles. The minimum absolute atomic E-state index is 0.174. The van der Waals surface area contributed by atoms with Crippen molar-refractivity contribution in [2.75, 3.05) is 5.73 Å². The first-order chi connectivity index (χ1) is 15.0. The molecule has 10 nitrogen and oxygen atoms in total. The Morgan fingerprint density at radius 2 is 2.06 bits per heavy atom. The lowest BCUT2D eigenvalue weighted by molar-refractivity contribution is 0.571. The predicted molar refractivity (Wildman–Crippen MR) is 112 cm³/mol. The first-order valence-electron chi connectivity index (χ1n) is 9.48. The molecule has 2 N–H and O–H groups in total. The van der Waals surface area contributed by atoms with E-state index in [-0.39, 0.29) is 5.95 Å². The molecule has 0 aliphatic heterocycles. The summed E-state index contributed by atoms with van der Waals surface area (Å²) in [6.45, 7) is 1.84. The van der Waals surface area contributed by atoms with Crippen molar-refractivity contribution in [2.24, 2.45) is 7.05 Å². The van der Waals surface area contributed by atoms with Crippen LogP contribution >= 0.6 is 0 Å². The summed E-state index contributed by atoms with van der Waals surface area (Å²) < 4.78 is 8.91. The Balaban J connectivity index is 1.77. The summed E-state index contributed by atoms with van der Waals surface area (Å²) in [5.74, 6) is 1.24. The Labute approximate surface area is 176 Å². The fourth-order valence-electron chi connectivity index (χ4n) is 3.49. The smallest absolute Gasteiger partial charge is 0.223 e. The average Bonchev–Trinajstić information content (AvgIpc) is 3.49. The van der Waals surface area contributed by atoms with Gasteiger partial charge in [-0.25, -0.2) is 15.0 Å². The second kappa shape index (κ2) is 7.07. The highest BCUT2D eigenvalue weighted by molar-refractivity contribution is 5.89. The first-order valence-corrected chi connectivity index (χ1v) is 9.48. The quantitative estimate of drug-likeness (QED) is 0.476. The molecule has 0 unspecified atom stereocenters. The van der Waals surface area contributed by atoms with Gasteiger partial charge in [0.2, 0.25) is 5.95 Å². The van der Waals surface area contributed by atoms with Crippen LogP contribution in [-0.4, -0.2) is 34.3 Å². The highest BCUT2D eigenvalue weighted by atomic mass is 16.3. The molecule has 0 fully saturated rings. The predicted octanol–water partition coefficient (Wildman–Crippen LogP) is 2.53. The molecule has 0 aliphatic rings. The zero-order chi connectivity index (χ0) is 21.5. The monoisotopic (exact) mass is 411 g/mol. The molecule has 1 aromatic carbocycles. The topological polar surface area (TPSA) is 137 Å². The molecule has 4 heterocycles. The summed E-state index contributed by atoms with van der Waals surface area (Å²) in [6, 6.07) is 11.2. The number of nitrogens with two attached hydrogens (primary N) is 1. The lowest BCUT2D eigenvalue weighted by atomic mass is 10.0. The molecular weight excluding hydrogens is 394 g/mol. The van der Waals surface area contributed by atoms with Crippen LogP contribution in [0.15, 0.2) is 47.3 Å². The summed E-state index contributed by atoms with van der Waals surface area (Å²) in [4.78, 5) is 13.5. The van der Waals surface area contributed by atoms with E-state index in [1.807, 2.05) is 32.3 Å². The lowest BCUT2D eigenvalue weighted by Crippen LogP contribution is -2.06. The van der Waals surface area contributed by atoms with Crippen LogP contribution in [0.1, 0.15) is 22.8 Å². The van der Waals surface area contributed by atoms with Crippen molar-refractivity contribution < 1.29 is 4.42 Å². The summed E-state index contributed by atoms with van der Waals surface area (Å²) in [6.07, 6.45) is 3.68. The molecule has 5 aromatic rings. The van der Waals surface area contributed by atoms with Gasteiger partial charge in [0.1, 0.15) is 0 Å². The molecule has 0 bridgehead atoms. The van der Waals surface area contributed by atoms with Crippen LogP contribution in [0.2, 0.25) is 0 Å². The average molecular weight is 411 g/mol. The second-order valence-corrected chi connectivity index (χ2v) is 7.07. The van der Waals surface area contributed by atoms with E-state index in [2.05, 4.69) is 26.2 Å². The van der Waals surface area contributed by atoms with Gasteiger partial charge >= 0.3 is 0 Å². The normalized spacial score (nSPS) is 11.1. The molecule has 10 heteroatoms. The Morgan fingerprint density at radius 3 is 2.77 bits per heavy atom.